The topological polar surface area (TPSA) is 72.5 Å². The Bertz CT molecular complexity index is 194. The maximum Gasteiger partial charge on any atom is 0.303 e. The van der Waals surface area contributed by atoms with Crippen LogP contribution >= 0.6 is 0 Å². The first-order valence-corrected chi connectivity index (χ1v) is 4.77. The van der Waals surface area contributed by atoms with Crippen molar-refractivity contribution in [1.82, 2.24) is 0 Å². The van der Waals surface area contributed by atoms with Gasteiger partial charge in [-0.25, -0.2) is 0 Å². The number of aliphatic carboxylic acids is 1. The standard InChI is InChI=1S/C10H21NO3/c1-9(2,11)7-14-10(3,4)6-5-8(12)13/h5-7,11H2,1-4H3,(H,12,13). The molecule has 3 N–H and O–H groups in total. The Labute approximate surface area is 85.4 Å². The molecule has 0 bridgehead atoms. The zero-order chi connectivity index (χ0) is 11.4. The van der Waals surface area contributed by atoms with Gasteiger partial charge in [0.25, 0.3) is 0 Å². The van der Waals surface area contributed by atoms with E-state index in [9.17, 15) is 4.79 Å². The number of carboxylic acids is 1. The van der Waals surface area contributed by atoms with Crippen LogP contribution in [-0.4, -0.2) is 28.8 Å². The Balaban J connectivity index is 3.89. The third-order valence-corrected chi connectivity index (χ3v) is 1.78. The number of rotatable bonds is 6. The number of carboxylic acid groups (broad SMARTS) is 1. The minimum absolute atomic E-state index is 0.123. The van der Waals surface area contributed by atoms with Gasteiger partial charge in [0.2, 0.25) is 0 Å². The van der Waals surface area contributed by atoms with Crippen LogP contribution in [0.1, 0.15) is 40.5 Å². The van der Waals surface area contributed by atoms with E-state index in [1.54, 1.807) is 0 Å². The SMILES string of the molecule is CC(C)(N)COC(C)(C)CCC(=O)O. The van der Waals surface area contributed by atoms with Crippen molar-refractivity contribution in [2.45, 2.75) is 51.7 Å². The summed E-state index contributed by atoms with van der Waals surface area (Å²) in [5.41, 5.74) is 4.96. The highest BCUT2D eigenvalue weighted by atomic mass is 16.5. The van der Waals surface area contributed by atoms with Gasteiger partial charge in [-0.15, -0.1) is 0 Å². The molecule has 4 nitrogen and oxygen atoms in total. The number of hydrogen-bond donors (Lipinski definition) is 2. The third kappa shape index (κ3) is 8.01. The summed E-state index contributed by atoms with van der Waals surface area (Å²) in [6.45, 7) is 7.93. The van der Waals surface area contributed by atoms with E-state index in [-0.39, 0.29) is 12.0 Å². The lowest BCUT2D eigenvalue weighted by atomic mass is 10.0. The van der Waals surface area contributed by atoms with Crippen molar-refractivity contribution >= 4 is 5.97 Å². The highest BCUT2D eigenvalue weighted by Crippen LogP contribution is 2.18. The smallest absolute Gasteiger partial charge is 0.303 e. The van der Waals surface area contributed by atoms with Crippen molar-refractivity contribution in [3.05, 3.63) is 0 Å². The molecule has 0 atom stereocenters. The van der Waals surface area contributed by atoms with Crippen LogP contribution in [-0.2, 0) is 9.53 Å². The first kappa shape index (κ1) is 13.4. The second-order valence-electron chi connectivity index (χ2n) is 4.93. The molecule has 84 valence electrons. The number of nitrogens with two attached hydrogens (primary N) is 1. The fraction of sp³-hybridized carbons (Fsp3) is 0.900. The molecule has 0 spiro atoms. The summed E-state index contributed by atoms with van der Waals surface area (Å²) < 4.78 is 5.56. The summed E-state index contributed by atoms with van der Waals surface area (Å²) in [7, 11) is 0. The Hall–Kier alpha value is -0.610. The number of carbonyl (C=O) groups is 1. The van der Waals surface area contributed by atoms with Gasteiger partial charge in [-0.1, -0.05) is 0 Å². The average Bonchev–Trinajstić information content (AvgIpc) is 1.97. The van der Waals surface area contributed by atoms with E-state index in [0.29, 0.717) is 13.0 Å². The molecule has 0 aromatic heterocycles. The van der Waals surface area contributed by atoms with Crippen molar-refractivity contribution in [3.63, 3.8) is 0 Å². The van der Waals surface area contributed by atoms with Crippen LogP contribution < -0.4 is 5.73 Å². The van der Waals surface area contributed by atoms with E-state index in [2.05, 4.69) is 0 Å². The predicted octanol–water partition coefficient (Wildman–Crippen LogP) is 1.38. The molecule has 0 aliphatic heterocycles. The Morgan fingerprint density at radius 1 is 1.36 bits per heavy atom. The van der Waals surface area contributed by atoms with Gasteiger partial charge in [0.1, 0.15) is 0 Å². The zero-order valence-electron chi connectivity index (χ0n) is 9.46. The van der Waals surface area contributed by atoms with Crippen molar-refractivity contribution < 1.29 is 14.6 Å². The first-order valence-electron chi connectivity index (χ1n) is 4.77. The van der Waals surface area contributed by atoms with Gasteiger partial charge < -0.3 is 15.6 Å². The maximum atomic E-state index is 10.4. The first-order chi connectivity index (χ1) is 6.12. The molecule has 0 rings (SSSR count). The van der Waals surface area contributed by atoms with Crippen LogP contribution in [0.15, 0.2) is 0 Å². The number of hydrogen-bond acceptors (Lipinski definition) is 3. The molecular weight excluding hydrogens is 182 g/mol. The highest BCUT2D eigenvalue weighted by molar-refractivity contribution is 5.66. The molecule has 0 aliphatic rings. The predicted molar refractivity (Wildman–Crippen MR) is 55.2 cm³/mol. The summed E-state index contributed by atoms with van der Waals surface area (Å²) in [6.07, 6.45) is 0.621. The molecule has 0 unspecified atom stereocenters. The molecule has 0 aromatic carbocycles. The van der Waals surface area contributed by atoms with E-state index >= 15 is 0 Å². The van der Waals surface area contributed by atoms with Crippen molar-refractivity contribution in [3.8, 4) is 0 Å². The highest BCUT2D eigenvalue weighted by Gasteiger charge is 2.22. The van der Waals surface area contributed by atoms with Gasteiger partial charge in [0.15, 0.2) is 0 Å². The fourth-order valence-electron chi connectivity index (χ4n) is 0.862. The second-order valence-corrected chi connectivity index (χ2v) is 4.93. The summed E-state index contributed by atoms with van der Waals surface area (Å²) in [4.78, 5) is 10.4. The molecule has 0 saturated heterocycles. The third-order valence-electron chi connectivity index (χ3n) is 1.78. The van der Waals surface area contributed by atoms with Crippen LogP contribution in [0.4, 0.5) is 0 Å². The van der Waals surface area contributed by atoms with Crippen LogP contribution in [0.3, 0.4) is 0 Å². The van der Waals surface area contributed by atoms with E-state index < -0.39 is 11.6 Å². The van der Waals surface area contributed by atoms with Gasteiger partial charge in [0, 0.05) is 12.0 Å². The Morgan fingerprint density at radius 2 is 1.86 bits per heavy atom. The summed E-state index contributed by atoms with van der Waals surface area (Å²) in [6, 6.07) is 0. The average molecular weight is 203 g/mol. The van der Waals surface area contributed by atoms with Crippen LogP contribution in [0.5, 0.6) is 0 Å². The van der Waals surface area contributed by atoms with E-state index in [1.165, 1.54) is 0 Å². The quantitative estimate of drug-likeness (QED) is 0.684. The van der Waals surface area contributed by atoms with Gasteiger partial charge >= 0.3 is 5.97 Å². The molecule has 0 radical (unpaired) electrons. The molecule has 0 amide bonds. The van der Waals surface area contributed by atoms with Gasteiger partial charge in [-0.05, 0) is 34.1 Å². The van der Waals surface area contributed by atoms with Crippen molar-refractivity contribution in [2.24, 2.45) is 5.73 Å². The minimum Gasteiger partial charge on any atom is -0.481 e. The lowest BCUT2D eigenvalue weighted by molar-refractivity contribution is -0.139. The molecule has 14 heavy (non-hydrogen) atoms. The normalized spacial score (nSPS) is 12.9. The lowest BCUT2D eigenvalue weighted by Crippen LogP contribution is -2.41. The van der Waals surface area contributed by atoms with E-state index in [1.807, 2.05) is 27.7 Å². The van der Waals surface area contributed by atoms with Crippen molar-refractivity contribution in [2.75, 3.05) is 6.61 Å². The van der Waals surface area contributed by atoms with Gasteiger partial charge in [0.05, 0.1) is 12.2 Å². The Morgan fingerprint density at radius 3 is 2.21 bits per heavy atom. The summed E-state index contributed by atoms with van der Waals surface area (Å²) >= 11 is 0. The van der Waals surface area contributed by atoms with Gasteiger partial charge in [-0.3, -0.25) is 4.79 Å². The second kappa shape index (κ2) is 4.75. The largest absolute Gasteiger partial charge is 0.481 e. The number of ether oxygens (including phenoxy) is 1. The molecule has 0 aromatic rings. The van der Waals surface area contributed by atoms with Gasteiger partial charge in [-0.2, -0.15) is 0 Å². The minimum atomic E-state index is -0.798. The molecular formula is C10H21NO3. The molecule has 0 aliphatic carbocycles. The Kier molecular flexibility index (Phi) is 4.55. The summed E-state index contributed by atoms with van der Waals surface area (Å²) in [5.74, 6) is -0.798. The van der Waals surface area contributed by atoms with E-state index in [4.69, 9.17) is 15.6 Å². The lowest BCUT2D eigenvalue weighted by Gasteiger charge is -2.29. The summed E-state index contributed by atoms with van der Waals surface area (Å²) in [5, 5.41) is 8.52. The molecule has 4 heteroatoms. The monoisotopic (exact) mass is 203 g/mol. The zero-order valence-corrected chi connectivity index (χ0v) is 9.46. The molecule has 0 heterocycles. The van der Waals surface area contributed by atoms with Crippen molar-refractivity contribution in [1.29, 1.82) is 0 Å². The molecule has 0 fully saturated rings. The molecule has 0 saturated carbocycles. The fourth-order valence-corrected chi connectivity index (χ4v) is 0.862. The maximum absolute atomic E-state index is 10.4. The van der Waals surface area contributed by atoms with Crippen LogP contribution in [0, 0.1) is 0 Å². The van der Waals surface area contributed by atoms with Crippen LogP contribution in [0.25, 0.3) is 0 Å². The van der Waals surface area contributed by atoms with Crippen LogP contribution in [0.2, 0.25) is 0 Å². The van der Waals surface area contributed by atoms with E-state index in [0.717, 1.165) is 0 Å².